The van der Waals surface area contributed by atoms with Crippen molar-refractivity contribution in [1.82, 2.24) is 15.0 Å². The molecule has 0 radical (unpaired) electrons. The third kappa shape index (κ3) is 4.44. The second-order valence-corrected chi connectivity index (χ2v) is 8.86. The standard InChI is InChI=1S/C19H24FN3OS/c1-18(2)10-14(11-19(3,4)23-18)21-17(24)16-9-15(22-25-16)12-5-7-13(20)8-6-12/h5-9,14,23H,10-11H2,1-4H3,(H,21,24). The van der Waals surface area contributed by atoms with Crippen molar-refractivity contribution < 1.29 is 9.18 Å². The third-order valence-corrected chi connectivity index (χ3v) is 5.19. The Labute approximate surface area is 152 Å². The summed E-state index contributed by atoms with van der Waals surface area (Å²) in [5.74, 6) is -0.377. The summed E-state index contributed by atoms with van der Waals surface area (Å²) in [4.78, 5) is 13.2. The number of amides is 1. The number of benzene rings is 1. The van der Waals surface area contributed by atoms with Crippen LogP contribution in [0.1, 0.15) is 50.2 Å². The summed E-state index contributed by atoms with van der Waals surface area (Å²) in [7, 11) is 0. The smallest absolute Gasteiger partial charge is 0.263 e. The zero-order chi connectivity index (χ0) is 18.2. The van der Waals surface area contributed by atoms with Crippen molar-refractivity contribution in [3.05, 3.63) is 41.0 Å². The number of nitrogens with one attached hydrogen (secondary N) is 2. The number of carbonyl (C=O) groups is 1. The maximum Gasteiger partial charge on any atom is 0.263 e. The number of nitrogens with zero attached hydrogens (tertiary/aromatic N) is 1. The number of hydrogen-bond acceptors (Lipinski definition) is 4. The Morgan fingerprint density at radius 3 is 2.40 bits per heavy atom. The highest BCUT2D eigenvalue weighted by molar-refractivity contribution is 7.08. The van der Waals surface area contributed by atoms with Gasteiger partial charge in [0.05, 0.1) is 5.69 Å². The van der Waals surface area contributed by atoms with Gasteiger partial charge in [-0.15, -0.1) is 0 Å². The van der Waals surface area contributed by atoms with Gasteiger partial charge in [0.2, 0.25) is 0 Å². The zero-order valence-electron chi connectivity index (χ0n) is 15.0. The lowest BCUT2D eigenvalue weighted by molar-refractivity contribution is 0.0877. The highest BCUT2D eigenvalue weighted by Crippen LogP contribution is 2.29. The molecule has 2 N–H and O–H groups in total. The van der Waals surface area contributed by atoms with Crippen LogP contribution in [0.4, 0.5) is 4.39 Å². The Morgan fingerprint density at radius 1 is 1.20 bits per heavy atom. The fourth-order valence-corrected chi connectivity index (χ4v) is 4.48. The van der Waals surface area contributed by atoms with Crippen LogP contribution in [-0.4, -0.2) is 27.4 Å². The molecule has 1 fully saturated rings. The second-order valence-electron chi connectivity index (χ2n) is 8.05. The van der Waals surface area contributed by atoms with Crippen LogP contribution < -0.4 is 10.6 Å². The number of piperidine rings is 1. The Morgan fingerprint density at radius 2 is 1.80 bits per heavy atom. The molecule has 1 aromatic heterocycles. The quantitative estimate of drug-likeness (QED) is 0.869. The predicted octanol–water partition coefficient (Wildman–Crippen LogP) is 3.99. The molecule has 0 unspecified atom stereocenters. The zero-order valence-corrected chi connectivity index (χ0v) is 15.8. The van der Waals surface area contributed by atoms with Crippen molar-refractivity contribution in [3.8, 4) is 11.3 Å². The molecule has 1 aromatic carbocycles. The van der Waals surface area contributed by atoms with E-state index in [1.165, 1.54) is 23.7 Å². The second kappa shape index (κ2) is 6.50. The summed E-state index contributed by atoms with van der Waals surface area (Å²) < 4.78 is 17.4. The summed E-state index contributed by atoms with van der Waals surface area (Å²) in [6.45, 7) is 8.64. The van der Waals surface area contributed by atoms with Crippen molar-refractivity contribution in [2.24, 2.45) is 0 Å². The summed E-state index contributed by atoms with van der Waals surface area (Å²) in [5.41, 5.74) is 1.46. The first kappa shape index (κ1) is 18.0. The third-order valence-electron chi connectivity index (χ3n) is 4.40. The van der Waals surface area contributed by atoms with Crippen LogP contribution in [0.15, 0.2) is 30.3 Å². The molecule has 2 aromatic rings. The molecule has 2 heterocycles. The minimum absolute atomic E-state index is 0.0212. The van der Waals surface area contributed by atoms with Crippen molar-refractivity contribution in [2.75, 3.05) is 0 Å². The Bertz CT molecular complexity index is 751. The van der Waals surface area contributed by atoms with E-state index in [-0.39, 0.29) is 28.8 Å². The van der Waals surface area contributed by atoms with Gasteiger partial charge in [0.1, 0.15) is 10.7 Å². The fourth-order valence-electron chi connectivity index (χ4n) is 3.82. The summed E-state index contributed by atoms with van der Waals surface area (Å²) >= 11 is 1.17. The fraction of sp³-hybridized carbons (Fsp3) is 0.474. The molecule has 6 heteroatoms. The van der Waals surface area contributed by atoms with Crippen molar-refractivity contribution >= 4 is 17.4 Å². The molecule has 0 spiro atoms. The molecule has 4 nitrogen and oxygen atoms in total. The average Bonchev–Trinajstić information content (AvgIpc) is 2.94. The van der Waals surface area contributed by atoms with E-state index in [2.05, 4.69) is 42.7 Å². The Balaban J connectivity index is 1.71. The minimum Gasteiger partial charge on any atom is -0.348 e. The van der Waals surface area contributed by atoms with Gasteiger partial charge in [0, 0.05) is 22.7 Å². The molecular formula is C19H24FN3OS. The lowest BCUT2D eigenvalue weighted by Gasteiger charge is -2.46. The molecule has 3 rings (SSSR count). The van der Waals surface area contributed by atoms with Crippen LogP contribution in [0, 0.1) is 5.82 Å². The van der Waals surface area contributed by atoms with Crippen molar-refractivity contribution in [1.29, 1.82) is 0 Å². The number of rotatable bonds is 3. The maximum atomic E-state index is 13.0. The van der Waals surface area contributed by atoms with Gasteiger partial charge in [0.15, 0.2) is 0 Å². The van der Waals surface area contributed by atoms with Crippen LogP contribution in [0.25, 0.3) is 11.3 Å². The minimum atomic E-state index is -0.284. The van der Waals surface area contributed by atoms with E-state index in [1.54, 1.807) is 18.2 Å². The molecule has 1 saturated heterocycles. The van der Waals surface area contributed by atoms with Gasteiger partial charge in [-0.2, -0.15) is 4.37 Å². The molecule has 0 atom stereocenters. The normalized spacial score (nSPS) is 19.6. The molecule has 1 aliphatic heterocycles. The molecule has 25 heavy (non-hydrogen) atoms. The average molecular weight is 361 g/mol. The first-order chi connectivity index (χ1) is 11.6. The number of aromatic nitrogens is 1. The highest BCUT2D eigenvalue weighted by Gasteiger charge is 2.38. The lowest BCUT2D eigenvalue weighted by Crippen LogP contribution is -2.62. The summed E-state index contributed by atoms with van der Waals surface area (Å²) in [6.07, 6.45) is 1.76. The first-order valence-electron chi connectivity index (χ1n) is 8.46. The van der Waals surface area contributed by atoms with Crippen LogP contribution >= 0.6 is 11.5 Å². The van der Waals surface area contributed by atoms with Gasteiger partial charge in [-0.05, 0) is 82.4 Å². The Hall–Kier alpha value is -1.79. The molecule has 1 aliphatic rings. The number of hydrogen-bond donors (Lipinski definition) is 2. The van der Waals surface area contributed by atoms with E-state index in [0.29, 0.717) is 10.6 Å². The van der Waals surface area contributed by atoms with Crippen molar-refractivity contribution in [2.45, 2.75) is 57.7 Å². The molecule has 0 saturated carbocycles. The lowest BCUT2D eigenvalue weighted by atomic mass is 9.79. The highest BCUT2D eigenvalue weighted by atomic mass is 32.1. The van der Waals surface area contributed by atoms with Crippen LogP contribution in [0.5, 0.6) is 0 Å². The van der Waals surface area contributed by atoms with E-state index in [0.717, 1.165) is 18.4 Å². The van der Waals surface area contributed by atoms with E-state index < -0.39 is 0 Å². The van der Waals surface area contributed by atoms with Crippen LogP contribution in [0.3, 0.4) is 0 Å². The van der Waals surface area contributed by atoms with Gasteiger partial charge >= 0.3 is 0 Å². The predicted molar refractivity (Wildman–Crippen MR) is 99.3 cm³/mol. The maximum absolute atomic E-state index is 13.0. The van der Waals surface area contributed by atoms with Gasteiger partial charge < -0.3 is 10.6 Å². The first-order valence-corrected chi connectivity index (χ1v) is 9.24. The topological polar surface area (TPSA) is 54.0 Å². The van der Waals surface area contributed by atoms with Crippen LogP contribution in [0.2, 0.25) is 0 Å². The Kier molecular flexibility index (Phi) is 4.68. The number of halogens is 1. The molecule has 1 amide bonds. The number of carbonyl (C=O) groups excluding carboxylic acids is 1. The van der Waals surface area contributed by atoms with Gasteiger partial charge in [-0.25, -0.2) is 4.39 Å². The van der Waals surface area contributed by atoms with Gasteiger partial charge in [-0.3, -0.25) is 4.79 Å². The largest absolute Gasteiger partial charge is 0.348 e. The van der Waals surface area contributed by atoms with Gasteiger partial charge in [0.25, 0.3) is 5.91 Å². The van der Waals surface area contributed by atoms with E-state index >= 15 is 0 Å². The van der Waals surface area contributed by atoms with E-state index in [9.17, 15) is 9.18 Å². The van der Waals surface area contributed by atoms with Gasteiger partial charge in [-0.1, -0.05) is 0 Å². The SMILES string of the molecule is CC1(C)CC(NC(=O)c2cc(-c3ccc(F)cc3)ns2)CC(C)(C)N1. The van der Waals surface area contributed by atoms with Crippen LogP contribution in [-0.2, 0) is 0 Å². The molecular weight excluding hydrogens is 337 g/mol. The summed E-state index contributed by atoms with van der Waals surface area (Å²) in [6, 6.07) is 8.02. The molecule has 134 valence electrons. The monoisotopic (exact) mass is 361 g/mol. The summed E-state index contributed by atoms with van der Waals surface area (Å²) in [5, 5.41) is 6.77. The van der Waals surface area contributed by atoms with E-state index in [1.807, 2.05) is 0 Å². The van der Waals surface area contributed by atoms with Crippen molar-refractivity contribution in [3.63, 3.8) is 0 Å². The molecule has 0 bridgehead atoms. The van der Waals surface area contributed by atoms with E-state index in [4.69, 9.17) is 0 Å². The molecule has 0 aliphatic carbocycles.